The first-order chi connectivity index (χ1) is 18.5. The van der Waals surface area contributed by atoms with Crippen LogP contribution in [0.5, 0.6) is 5.75 Å². The van der Waals surface area contributed by atoms with Gasteiger partial charge in [0.2, 0.25) is 0 Å². The Labute approximate surface area is 233 Å². The number of ether oxygens (including phenoxy) is 1. The summed E-state index contributed by atoms with van der Waals surface area (Å²) < 4.78 is 5.91. The molecule has 0 aliphatic carbocycles. The minimum absolute atomic E-state index is 0.0889. The van der Waals surface area contributed by atoms with Crippen LogP contribution in [-0.2, 0) is 16.0 Å². The number of hydrogen-bond donors (Lipinski definition) is 2. The number of phenols is 1. The van der Waals surface area contributed by atoms with Gasteiger partial charge in [0.1, 0.15) is 17.9 Å². The van der Waals surface area contributed by atoms with E-state index < -0.39 is 6.10 Å². The lowest BCUT2D eigenvalue weighted by Crippen LogP contribution is -2.55. The monoisotopic (exact) mass is 531 g/mol. The molecule has 0 spiro atoms. The summed E-state index contributed by atoms with van der Waals surface area (Å²) >= 11 is 0. The molecule has 0 radical (unpaired) electrons. The molecular weight excluding hydrogens is 474 g/mol. The molecule has 1 aliphatic rings. The van der Waals surface area contributed by atoms with Crippen LogP contribution in [0, 0.1) is 0 Å². The molecule has 38 heavy (non-hydrogen) atoms. The van der Waals surface area contributed by atoms with Crippen LogP contribution in [0.15, 0.2) is 24.3 Å². The second-order valence-corrected chi connectivity index (χ2v) is 11.6. The van der Waals surface area contributed by atoms with Gasteiger partial charge in [-0.05, 0) is 43.4 Å². The van der Waals surface area contributed by atoms with Crippen molar-refractivity contribution in [2.24, 2.45) is 0 Å². The summed E-state index contributed by atoms with van der Waals surface area (Å²) in [5.41, 5.74) is 0.994. The SMILES string of the molecule is CCCCCCCCCCC(O)CN1CC(CCCCCCCCCC)OC(=O)C1Cc1ccc(O)cc1. The molecule has 1 aromatic carbocycles. The van der Waals surface area contributed by atoms with Crippen molar-refractivity contribution in [1.29, 1.82) is 0 Å². The molecule has 0 bridgehead atoms. The van der Waals surface area contributed by atoms with E-state index in [9.17, 15) is 15.0 Å². The molecule has 1 fully saturated rings. The van der Waals surface area contributed by atoms with Crippen LogP contribution in [0.4, 0.5) is 0 Å². The van der Waals surface area contributed by atoms with Crippen molar-refractivity contribution in [3.63, 3.8) is 0 Å². The highest BCUT2D eigenvalue weighted by atomic mass is 16.5. The van der Waals surface area contributed by atoms with E-state index in [0.717, 1.165) is 31.2 Å². The number of β-amino-alcohol motifs (C(OH)–C–C–N with tert-alkyl or cyclic N) is 1. The van der Waals surface area contributed by atoms with Crippen molar-refractivity contribution in [2.75, 3.05) is 13.1 Å². The Hall–Kier alpha value is -1.59. The van der Waals surface area contributed by atoms with E-state index in [1.54, 1.807) is 12.1 Å². The highest BCUT2D eigenvalue weighted by Crippen LogP contribution is 2.23. The number of rotatable bonds is 22. The Bertz CT molecular complexity index is 720. The Morgan fingerprint density at radius 1 is 0.816 bits per heavy atom. The highest BCUT2D eigenvalue weighted by molar-refractivity contribution is 5.77. The summed E-state index contributed by atoms with van der Waals surface area (Å²) in [7, 11) is 0. The third-order valence-corrected chi connectivity index (χ3v) is 8.02. The molecule has 0 saturated carbocycles. The second-order valence-electron chi connectivity index (χ2n) is 11.6. The van der Waals surface area contributed by atoms with Crippen LogP contribution in [0.2, 0.25) is 0 Å². The van der Waals surface area contributed by atoms with Gasteiger partial charge in [0.25, 0.3) is 0 Å². The molecule has 3 unspecified atom stereocenters. The first-order valence-electron chi connectivity index (χ1n) is 15.9. The van der Waals surface area contributed by atoms with Crippen LogP contribution in [-0.4, -0.2) is 52.4 Å². The summed E-state index contributed by atoms with van der Waals surface area (Å²) in [6.45, 7) is 5.71. The number of unbranched alkanes of at least 4 members (excludes halogenated alkanes) is 14. The third kappa shape index (κ3) is 14.0. The van der Waals surface area contributed by atoms with E-state index in [0.29, 0.717) is 19.5 Å². The lowest BCUT2D eigenvalue weighted by atomic mass is 9.99. The lowest BCUT2D eigenvalue weighted by molar-refractivity contribution is -0.168. The average Bonchev–Trinajstić information content (AvgIpc) is 2.90. The van der Waals surface area contributed by atoms with Crippen LogP contribution in [0.1, 0.15) is 135 Å². The van der Waals surface area contributed by atoms with Crippen molar-refractivity contribution in [3.05, 3.63) is 29.8 Å². The van der Waals surface area contributed by atoms with Crippen molar-refractivity contribution in [3.8, 4) is 5.75 Å². The molecule has 1 heterocycles. The Kier molecular flexibility index (Phi) is 17.5. The number of morpholine rings is 1. The molecule has 218 valence electrons. The number of aliphatic hydroxyl groups excluding tert-OH is 1. The standard InChI is InChI=1S/C33H57NO4/c1-3-5-7-9-11-13-15-17-19-30(36)26-34-27-31(20-18-16-14-12-10-8-6-4-2)38-33(37)32(34)25-28-21-23-29(35)24-22-28/h21-24,30-32,35-36H,3-20,25-27H2,1-2H3. The fourth-order valence-corrected chi connectivity index (χ4v) is 5.62. The molecule has 1 aromatic rings. The van der Waals surface area contributed by atoms with Crippen LogP contribution in [0.25, 0.3) is 0 Å². The largest absolute Gasteiger partial charge is 0.508 e. The Morgan fingerprint density at radius 2 is 1.34 bits per heavy atom. The molecule has 0 aromatic heterocycles. The fraction of sp³-hybridized carbons (Fsp3) is 0.788. The van der Waals surface area contributed by atoms with Crippen LogP contribution in [0.3, 0.4) is 0 Å². The van der Waals surface area contributed by atoms with E-state index in [2.05, 4.69) is 18.7 Å². The minimum Gasteiger partial charge on any atom is -0.508 e. The summed E-state index contributed by atoms with van der Waals surface area (Å²) in [6.07, 6.45) is 21.9. The number of phenolic OH excluding ortho intramolecular Hbond substituents is 1. The lowest BCUT2D eigenvalue weighted by Gasteiger charge is -2.39. The molecule has 2 rings (SSSR count). The van der Waals surface area contributed by atoms with Gasteiger partial charge >= 0.3 is 5.97 Å². The zero-order valence-electron chi connectivity index (χ0n) is 24.5. The molecule has 5 nitrogen and oxygen atoms in total. The maximum Gasteiger partial charge on any atom is 0.324 e. The van der Waals surface area contributed by atoms with Crippen LogP contribution < -0.4 is 0 Å². The molecule has 1 saturated heterocycles. The summed E-state index contributed by atoms with van der Waals surface area (Å²) in [6, 6.07) is 6.67. The summed E-state index contributed by atoms with van der Waals surface area (Å²) in [5, 5.41) is 20.5. The predicted octanol–water partition coefficient (Wildman–Crippen LogP) is 7.95. The van der Waals surface area contributed by atoms with Crippen molar-refractivity contribution >= 4 is 5.97 Å². The van der Waals surface area contributed by atoms with E-state index in [1.165, 1.54) is 89.9 Å². The minimum atomic E-state index is -0.424. The number of carbonyl (C=O) groups excluding carboxylic acids is 1. The molecule has 0 amide bonds. The quantitative estimate of drug-likeness (QED) is 0.117. The highest BCUT2D eigenvalue weighted by Gasteiger charge is 2.37. The van der Waals surface area contributed by atoms with Gasteiger partial charge in [-0.1, -0.05) is 122 Å². The molecule has 3 atom stereocenters. The molecule has 2 N–H and O–H groups in total. The van der Waals surface area contributed by atoms with Gasteiger partial charge in [-0.3, -0.25) is 9.69 Å². The first-order valence-corrected chi connectivity index (χ1v) is 15.9. The van der Waals surface area contributed by atoms with E-state index >= 15 is 0 Å². The number of cyclic esters (lactones) is 1. The number of nitrogens with zero attached hydrogens (tertiary/aromatic N) is 1. The van der Waals surface area contributed by atoms with Gasteiger partial charge < -0.3 is 14.9 Å². The summed E-state index contributed by atoms with van der Waals surface area (Å²) in [5.74, 6) is 0.0520. The molecule has 1 aliphatic heterocycles. The van der Waals surface area contributed by atoms with Crippen molar-refractivity contribution in [1.82, 2.24) is 4.90 Å². The smallest absolute Gasteiger partial charge is 0.324 e. The number of carbonyl (C=O) groups is 1. The van der Waals surface area contributed by atoms with E-state index in [-0.39, 0.29) is 23.9 Å². The number of esters is 1. The zero-order chi connectivity index (χ0) is 27.4. The fourth-order valence-electron chi connectivity index (χ4n) is 5.62. The second kappa shape index (κ2) is 20.3. The van der Waals surface area contributed by atoms with E-state index in [4.69, 9.17) is 4.74 Å². The Balaban J connectivity index is 1.81. The van der Waals surface area contributed by atoms with Gasteiger partial charge in [-0.25, -0.2) is 0 Å². The van der Waals surface area contributed by atoms with Gasteiger partial charge in [0, 0.05) is 13.1 Å². The Morgan fingerprint density at radius 3 is 1.92 bits per heavy atom. The van der Waals surface area contributed by atoms with Gasteiger partial charge in [0.15, 0.2) is 0 Å². The maximum absolute atomic E-state index is 13.1. The number of benzene rings is 1. The van der Waals surface area contributed by atoms with Crippen LogP contribution >= 0.6 is 0 Å². The van der Waals surface area contributed by atoms with E-state index in [1.807, 2.05) is 12.1 Å². The van der Waals surface area contributed by atoms with Gasteiger partial charge in [-0.15, -0.1) is 0 Å². The van der Waals surface area contributed by atoms with Crippen molar-refractivity contribution < 1.29 is 19.7 Å². The number of hydrogen-bond acceptors (Lipinski definition) is 5. The van der Waals surface area contributed by atoms with Gasteiger partial charge in [0.05, 0.1) is 6.10 Å². The molecular formula is C33H57NO4. The number of aromatic hydroxyl groups is 1. The van der Waals surface area contributed by atoms with Gasteiger partial charge in [-0.2, -0.15) is 0 Å². The summed E-state index contributed by atoms with van der Waals surface area (Å²) in [4.78, 5) is 15.3. The van der Waals surface area contributed by atoms with Crippen molar-refractivity contribution in [2.45, 2.75) is 154 Å². The zero-order valence-corrected chi connectivity index (χ0v) is 24.5. The first kappa shape index (κ1) is 32.6. The number of aliphatic hydroxyl groups is 1. The molecule has 5 heteroatoms. The maximum atomic E-state index is 13.1. The normalized spacial score (nSPS) is 19.0. The predicted molar refractivity (Wildman–Crippen MR) is 158 cm³/mol. The topological polar surface area (TPSA) is 70.0 Å². The average molecular weight is 532 g/mol. The third-order valence-electron chi connectivity index (χ3n) is 8.02.